The fourth-order valence-electron chi connectivity index (χ4n) is 2.46. The molecule has 92 valence electrons. The first-order valence-corrected chi connectivity index (χ1v) is 6.19. The number of hydrogen-bond acceptors (Lipinski definition) is 3. The summed E-state index contributed by atoms with van der Waals surface area (Å²) in [5.74, 6) is -0.222. The normalized spacial score (nSPS) is 21.3. The van der Waals surface area contributed by atoms with Gasteiger partial charge in [0.05, 0.1) is 0 Å². The van der Waals surface area contributed by atoms with E-state index in [1.807, 2.05) is 12.3 Å². The van der Waals surface area contributed by atoms with Crippen LogP contribution in [0.1, 0.15) is 37.3 Å². The molecular weight excluding hydrogens is 214 g/mol. The molecule has 2 heterocycles. The van der Waals surface area contributed by atoms with Crippen LogP contribution in [-0.4, -0.2) is 28.9 Å². The topological polar surface area (TPSA) is 59.2 Å². The van der Waals surface area contributed by atoms with E-state index in [0.29, 0.717) is 12.5 Å². The quantitative estimate of drug-likeness (QED) is 0.857. The maximum absolute atomic E-state index is 10.9. The Balaban J connectivity index is 2.04. The molecule has 1 aromatic rings. The Morgan fingerprint density at radius 1 is 1.53 bits per heavy atom. The molecule has 0 aliphatic carbocycles. The van der Waals surface area contributed by atoms with Gasteiger partial charge in [-0.2, -0.15) is 0 Å². The number of nitrogens with two attached hydrogens (primary N) is 1. The second kappa shape index (κ2) is 5.77. The van der Waals surface area contributed by atoms with Gasteiger partial charge in [0.25, 0.3) is 0 Å². The van der Waals surface area contributed by atoms with Crippen LogP contribution in [0.2, 0.25) is 0 Å². The number of hydrogen-bond donors (Lipinski definition) is 1. The molecule has 4 nitrogen and oxygen atoms in total. The third kappa shape index (κ3) is 3.27. The van der Waals surface area contributed by atoms with Crippen LogP contribution < -0.4 is 5.73 Å². The molecule has 1 fully saturated rings. The zero-order chi connectivity index (χ0) is 12.1. The lowest BCUT2D eigenvalue weighted by Gasteiger charge is -2.35. The first kappa shape index (κ1) is 12.0. The maximum Gasteiger partial charge on any atom is 0.218 e. The molecule has 2 N–H and O–H groups in total. The molecule has 4 heteroatoms. The van der Waals surface area contributed by atoms with E-state index in [1.165, 1.54) is 18.4 Å². The molecule has 1 atom stereocenters. The minimum absolute atomic E-state index is 0.222. The lowest BCUT2D eigenvalue weighted by molar-refractivity contribution is -0.118. The molecule has 0 radical (unpaired) electrons. The summed E-state index contributed by atoms with van der Waals surface area (Å²) in [7, 11) is 0. The van der Waals surface area contributed by atoms with Crippen LogP contribution in [0.4, 0.5) is 0 Å². The molecule has 1 aromatic heterocycles. The third-order valence-electron chi connectivity index (χ3n) is 3.33. The Morgan fingerprint density at radius 3 is 3.12 bits per heavy atom. The summed E-state index contributed by atoms with van der Waals surface area (Å²) in [5.41, 5.74) is 6.46. The van der Waals surface area contributed by atoms with Crippen LogP contribution in [0.25, 0.3) is 0 Å². The Bertz CT molecular complexity index is 366. The lowest BCUT2D eigenvalue weighted by Crippen LogP contribution is -2.35. The highest BCUT2D eigenvalue weighted by molar-refractivity contribution is 5.73. The smallest absolute Gasteiger partial charge is 0.218 e. The molecule has 0 aromatic carbocycles. The van der Waals surface area contributed by atoms with Gasteiger partial charge < -0.3 is 5.73 Å². The number of primary amides is 1. The van der Waals surface area contributed by atoms with Crippen molar-refractivity contribution in [1.29, 1.82) is 0 Å². The van der Waals surface area contributed by atoms with E-state index in [1.54, 1.807) is 6.20 Å². The number of rotatable bonds is 4. The first-order valence-electron chi connectivity index (χ1n) is 6.19. The first-order chi connectivity index (χ1) is 8.27. The van der Waals surface area contributed by atoms with Crippen molar-refractivity contribution in [3.63, 3.8) is 0 Å². The highest BCUT2D eigenvalue weighted by atomic mass is 16.1. The van der Waals surface area contributed by atoms with Gasteiger partial charge in [-0.15, -0.1) is 0 Å². The molecule has 1 amide bonds. The highest BCUT2D eigenvalue weighted by Crippen LogP contribution is 2.30. The van der Waals surface area contributed by atoms with E-state index in [0.717, 1.165) is 19.5 Å². The Hall–Kier alpha value is -1.42. The van der Waals surface area contributed by atoms with Crippen LogP contribution >= 0.6 is 0 Å². The fraction of sp³-hybridized carbons (Fsp3) is 0.538. The van der Waals surface area contributed by atoms with E-state index in [2.05, 4.69) is 16.0 Å². The van der Waals surface area contributed by atoms with Gasteiger partial charge in [-0.25, -0.2) is 0 Å². The summed E-state index contributed by atoms with van der Waals surface area (Å²) in [5, 5.41) is 0. The monoisotopic (exact) mass is 233 g/mol. The third-order valence-corrected chi connectivity index (χ3v) is 3.33. The standard InChI is InChI=1S/C13H19N3O/c14-13(17)6-9-16-8-2-1-5-12(16)11-4-3-7-15-10-11/h3-4,7,10,12H,1-2,5-6,8-9H2,(H2,14,17). The Kier molecular flexibility index (Phi) is 4.09. The van der Waals surface area contributed by atoms with Crippen molar-refractivity contribution in [3.05, 3.63) is 30.1 Å². The number of amides is 1. The van der Waals surface area contributed by atoms with Gasteiger partial charge in [0.15, 0.2) is 0 Å². The highest BCUT2D eigenvalue weighted by Gasteiger charge is 2.23. The van der Waals surface area contributed by atoms with E-state index >= 15 is 0 Å². The van der Waals surface area contributed by atoms with Crippen molar-refractivity contribution in [2.75, 3.05) is 13.1 Å². The Labute approximate surface area is 102 Å². The molecule has 1 saturated heterocycles. The van der Waals surface area contributed by atoms with Gasteiger partial charge in [0.1, 0.15) is 0 Å². The number of piperidine rings is 1. The van der Waals surface area contributed by atoms with Crippen LogP contribution in [0.5, 0.6) is 0 Å². The number of pyridine rings is 1. The average Bonchev–Trinajstić information content (AvgIpc) is 2.38. The van der Waals surface area contributed by atoms with Crippen molar-refractivity contribution < 1.29 is 4.79 Å². The largest absolute Gasteiger partial charge is 0.370 e. The molecule has 1 aliphatic heterocycles. The SMILES string of the molecule is NC(=O)CCN1CCCCC1c1cccnc1. The van der Waals surface area contributed by atoms with E-state index in [9.17, 15) is 4.79 Å². The van der Waals surface area contributed by atoms with Crippen LogP contribution in [0.3, 0.4) is 0 Å². The van der Waals surface area contributed by atoms with Crippen LogP contribution in [0.15, 0.2) is 24.5 Å². The molecule has 0 saturated carbocycles. The van der Waals surface area contributed by atoms with Crippen molar-refractivity contribution in [2.45, 2.75) is 31.7 Å². The lowest BCUT2D eigenvalue weighted by atomic mass is 9.96. The summed E-state index contributed by atoms with van der Waals surface area (Å²) in [6, 6.07) is 4.48. The number of nitrogens with zero attached hydrogens (tertiary/aromatic N) is 2. The van der Waals surface area contributed by atoms with Crippen LogP contribution in [0, 0.1) is 0 Å². The van der Waals surface area contributed by atoms with Crippen LogP contribution in [-0.2, 0) is 4.79 Å². The van der Waals surface area contributed by atoms with Gasteiger partial charge in [-0.1, -0.05) is 12.5 Å². The predicted octanol–water partition coefficient (Wildman–Crippen LogP) is 1.48. The minimum atomic E-state index is -0.222. The zero-order valence-electron chi connectivity index (χ0n) is 10.0. The fourth-order valence-corrected chi connectivity index (χ4v) is 2.46. The molecule has 17 heavy (non-hydrogen) atoms. The van der Waals surface area contributed by atoms with E-state index < -0.39 is 0 Å². The van der Waals surface area contributed by atoms with Gasteiger partial charge in [-0.3, -0.25) is 14.7 Å². The second-order valence-electron chi connectivity index (χ2n) is 4.55. The molecule has 0 spiro atoms. The van der Waals surface area contributed by atoms with Gasteiger partial charge in [0.2, 0.25) is 5.91 Å². The zero-order valence-corrected chi connectivity index (χ0v) is 10.0. The predicted molar refractivity (Wildman–Crippen MR) is 66.2 cm³/mol. The second-order valence-corrected chi connectivity index (χ2v) is 4.55. The van der Waals surface area contributed by atoms with E-state index in [4.69, 9.17) is 5.73 Å². The molecule has 2 rings (SSSR count). The number of likely N-dealkylation sites (tertiary alicyclic amines) is 1. The van der Waals surface area contributed by atoms with Gasteiger partial charge in [0, 0.05) is 31.4 Å². The molecule has 0 bridgehead atoms. The summed E-state index contributed by atoms with van der Waals surface area (Å²) in [6.45, 7) is 1.81. The summed E-state index contributed by atoms with van der Waals surface area (Å²) in [6.07, 6.45) is 7.75. The molecular formula is C13H19N3O. The summed E-state index contributed by atoms with van der Waals surface area (Å²) in [4.78, 5) is 17.4. The van der Waals surface area contributed by atoms with Crippen molar-refractivity contribution >= 4 is 5.91 Å². The number of carbonyl (C=O) groups excluding carboxylic acids is 1. The molecule has 1 aliphatic rings. The Morgan fingerprint density at radius 2 is 2.41 bits per heavy atom. The maximum atomic E-state index is 10.9. The average molecular weight is 233 g/mol. The number of carbonyl (C=O) groups is 1. The summed E-state index contributed by atoms with van der Waals surface area (Å²) < 4.78 is 0. The number of aromatic nitrogens is 1. The van der Waals surface area contributed by atoms with Gasteiger partial charge >= 0.3 is 0 Å². The van der Waals surface area contributed by atoms with E-state index in [-0.39, 0.29) is 5.91 Å². The van der Waals surface area contributed by atoms with Crippen molar-refractivity contribution in [3.8, 4) is 0 Å². The minimum Gasteiger partial charge on any atom is -0.370 e. The van der Waals surface area contributed by atoms with Crippen molar-refractivity contribution in [2.24, 2.45) is 5.73 Å². The van der Waals surface area contributed by atoms with Crippen molar-refractivity contribution in [1.82, 2.24) is 9.88 Å². The molecule has 1 unspecified atom stereocenters. The summed E-state index contributed by atoms with van der Waals surface area (Å²) >= 11 is 0. The van der Waals surface area contributed by atoms with Gasteiger partial charge in [-0.05, 0) is 31.0 Å².